The van der Waals surface area contributed by atoms with Crippen LogP contribution in [-0.4, -0.2) is 9.55 Å². The zero-order valence-electron chi connectivity index (χ0n) is 15.7. The van der Waals surface area contributed by atoms with Crippen molar-refractivity contribution < 1.29 is 0 Å². The third-order valence-electron chi connectivity index (χ3n) is 5.55. The summed E-state index contributed by atoms with van der Waals surface area (Å²) in [7, 11) is 0. The Kier molecular flexibility index (Phi) is 3.71. The van der Waals surface area contributed by atoms with Crippen molar-refractivity contribution in [3.8, 4) is 28.2 Å². The molecule has 5 rings (SSSR count). The molecule has 0 fully saturated rings. The van der Waals surface area contributed by atoms with Crippen LogP contribution in [-0.2, 0) is 6.42 Å². The van der Waals surface area contributed by atoms with Gasteiger partial charge in [0.05, 0.1) is 5.69 Å². The first kappa shape index (κ1) is 16.1. The minimum atomic E-state index is 0.460. The van der Waals surface area contributed by atoms with Crippen LogP contribution < -0.4 is 0 Å². The van der Waals surface area contributed by atoms with Crippen molar-refractivity contribution >= 4 is 0 Å². The number of imidazole rings is 1. The standard InChI is InChI=1S/C25H22N2/c1-17(2)19-9-5-6-13-24(19)27-15-14-26-25(27)22-12-7-11-21-20-10-4-3-8-18(20)16-23(21)22/h3-15,17H,16H2,1-2H3. The van der Waals surface area contributed by atoms with Crippen LogP contribution in [0, 0.1) is 0 Å². The smallest absolute Gasteiger partial charge is 0.144 e. The highest BCUT2D eigenvalue weighted by Crippen LogP contribution is 2.41. The third kappa shape index (κ3) is 2.52. The molecule has 4 aromatic rings. The molecule has 0 N–H and O–H groups in total. The van der Waals surface area contributed by atoms with Gasteiger partial charge in [0.1, 0.15) is 5.82 Å². The van der Waals surface area contributed by atoms with Gasteiger partial charge in [-0.15, -0.1) is 0 Å². The molecule has 2 heteroatoms. The molecule has 2 nitrogen and oxygen atoms in total. The molecule has 1 heterocycles. The normalized spacial score (nSPS) is 12.3. The van der Waals surface area contributed by atoms with E-state index in [0.717, 1.165) is 12.2 Å². The van der Waals surface area contributed by atoms with Crippen molar-refractivity contribution in [2.45, 2.75) is 26.2 Å². The number of hydrogen-bond donors (Lipinski definition) is 0. The average Bonchev–Trinajstić information content (AvgIpc) is 3.32. The van der Waals surface area contributed by atoms with Crippen molar-refractivity contribution in [2.75, 3.05) is 0 Å². The largest absolute Gasteiger partial charge is 0.300 e. The van der Waals surface area contributed by atoms with Gasteiger partial charge in [0.25, 0.3) is 0 Å². The summed E-state index contributed by atoms with van der Waals surface area (Å²) >= 11 is 0. The van der Waals surface area contributed by atoms with Crippen molar-refractivity contribution in [2.24, 2.45) is 0 Å². The van der Waals surface area contributed by atoms with Crippen LogP contribution in [0.25, 0.3) is 28.2 Å². The Balaban J connectivity index is 1.70. The number of fused-ring (bicyclic) bond motifs is 3. The zero-order chi connectivity index (χ0) is 18.4. The maximum atomic E-state index is 4.77. The van der Waals surface area contributed by atoms with E-state index < -0.39 is 0 Å². The fourth-order valence-corrected chi connectivity index (χ4v) is 4.26. The molecular weight excluding hydrogens is 328 g/mol. The summed E-state index contributed by atoms with van der Waals surface area (Å²) in [5.74, 6) is 1.48. The molecule has 0 atom stereocenters. The van der Waals surface area contributed by atoms with Gasteiger partial charge in [-0.25, -0.2) is 4.98 Å². The molecule has 1 aliphatic carbocycles. The first-order chi connectivity index (χ1) is 13.2. The molecule has 0 amide bonds. The number of aromatic nitrogens is 2. The van der Waals surface area contributed by atoms with Crippen molar-refractivity contribution in [3.05, 3.63) is 95.8 Å². The number of rotatable bonds is 3. The fourth-order valence-electron chi connectivity index (χ4n) is 4.26. The monoisotopic (exact) mass is 350 g/mol. The Morgan fingerprint density at radius 2 is 1.56 bits per heavy atom. The Morgan fingerprint density at radius 1 is 0.815 bits per heavy atom. The first-order valence-electron chi connectivity index (χ1n) is 9.57. The van der Waals surface area contributed by atoms with Crippen LogP contribution in [0.1, 0.15) is 36.5 Å². The predicted octanol–water partition coefficient (Wildman–Crippen LogP) is 6.23. The van der Waals surface area contributed by atoms with Gasteiger partial charge in [-0.2, -0.15) is 0 Å². The summed E-state index contributed by atoms with van der Waals surface area (Å²) in [5.41, 5.74) is 9.27. The van der Waals surface area contributed by atoms with Crippen molar-refractivity contribution in [1.29, 1.82) is 0 Å². The zero-order valence-corrected chi connectivity index (χ0v) is 15.7. The lowest BCUT2D eigenvalue weighted by molar-refractivity contribution is 0.847. The van der Waals surface area contributed by atoms with E-state index in [1.54, 1.807) is 0 Å². The lowest BCUT2D eigenvalue weighted by atomic mass is 9.99. The molecule has 132 valence electrons. The lowest BCUT2D eigenvalue weighted by Gasteiger charge is -2.17. The highest BCUT2D eigenvalue weighted by Gasteiger charge is 2.23. The molecule has 0 spiro atoms. The van der Waals surface area contributed by atoms with Crippen molar-refractivity contribution in [3.63, 3.8) is 0 Å². The van der Waals surface area contributed by atoms with Gasteiger partial charge in [0, 0.05) is 18.0 Å². The summed E-state index contributed by atoms with van der Waals surface area (Å²) in [6.07, 6.45) is 4.96. The average molecular weight is 350 g/mol. The number of nitrogens with zero attached hydrogens (tertiary/aromatic N) is 2. The van der Waals surface area contributed by atoms with Gasteiger partial charge in [-0.3, -0.25) is 4.57 Å². The van der Waals surface area contributed by atoms with Gasteiger partial charge in [0.15, 0.2) is 0 Å². The molecule has 0 unspecified atom stereocenters. The molecular formula is C25H22N2. The summed E-state index contributed by atoms with van der Waals surface area (Å²) in [6.45, 7) is 4.48. The minimum Gasteiger partial charge on any atom is -0.300 e. The lowest BCUT2D eigenvalue weighted by Crippen LogP contribution is -2.03. The molecule has 0 saturated heterocycles. The molecule has 1 aliphatic rings. The van der Waals surface area contributed by atoms with Crippen LogP contribution >= 0.6 is 0 Å². The molecule has 1 aromatic heterocycles. The highest BCUT2D eigenvalue weighted by atomic mass is 15.1. The number of benzene rings is 3. The van der Waals surface area contributed by atoms with Gasteiger partial charge < -0.3 is 0 Å². The van der Waals surface area contributed by atoms with Gasteiger partial charge in [0.2, 0.25) is 0 Å². The topological polar surface area (TPSA) is 17.8 Å². The summed E-state index contributed by atoms with van der Waals surface area (Å²) in [6, 6.07) is 24.0. The molecule has 0 saturated carbocycles. The third-order valence-corrected chi connectivity index (χ3v) is 5.55. The molecule has 3 aromatic carbocycles. The van der Waals surface area contributed by atoms with E-state index in [9.17, 15) is 0 Å². The maximum Gasteiger partial charge on any atom is 0.144 e. The second-order valence-corrected chi connectivity index (χ2v) is 7.50. The van der Waals surface area contributed by atoms with Gasteiger partial charge in [-0.05, 0) is 46.2 Å². The van der Waals surface area contributed by atoms with E-state index in [-0.39, 0.29) is 0 Å². The van der Waals surface area contributed by atoms with Gasteiger partial charge >= 0.3 is 0 Å². The number of hydrogen-bond acceptors (Lipinski definition) is 1. The quantitative estimate of drug-likeness (QED) is 0.377. The Bertz CT molecular complexity index is 1130. The Labute approximate surface area is 160 Å². The van der Waals surface area contributed by atoms with Crippen LogP contribution in [0.15, 0.2) is 79.1 Å². The van der Waals surface area contributed by atoms with Crippen LogP contribution in [0.4, 0.5) is 0 Å². The molecule has 0 aliphatic heterocycles. The van der Waals surface area contributed by atoms with E-state index >= 15 is 0 Å². The SMILES string of the molecule is CC(C)c1ccccc1-n1ccnc1-c1cccc2c1Cc1ccccc1-2. The van der Waals surface area contributed by atoms with E-state index in [0.29, 0.717) is 5.92 Å². The maximum absolute atomic E-state index is 4.77. The van der Waals surface area contributed by atoms with E-state index in [1.807, 2.05) is 6.20 Å². The first-order valence-corrected chi connectivity index (χ1v) is 9.57. The molecule has 27 heavy (non-hydrogen) atoms. The molecule has 0 radical (unpaired) electrons. The fraction of sp³-hybridized carbons (Fsp3) is 0.160. The summed E-state index contributed by atoms with van der Waals surface area (Å²) < 4.78 is 2.24. The van der Waals surface area contributed by atoms with Gasteiger partial charge in [-0.1, -0.05) is 74.5 Å². The summed E-state index contributed by atoms with van der Waals surface area (Å²) in [4.78, 5) is 4.77. The second kappa shape index (κ2) is 6.24. The molecule has 0 bridgehead atoms. The Hall–Kier alpha value is -3.13. The van der Waals surface area contributed by atoms with Crippen LogP contribution in [0.5, 0.6) is 0 Å². The Morgan fingerprint density at radius 3 is 2.44 bits per heavy atom. The second-order valence-electron chi connectivity index (χ2n) is 7.50. The van der Waals surface area contributed by atoms with E-state index in [2.05, 4.69) is 91.3 Å². The highest BCUT2D eigenvalue weighted by molar-refractivity contribution is 5.83. The van der Waals surface area contributed by atoms with E-state index in [1.165, 1.54) is 39.1 Å². The van der Waals surface area contributed by atoms with E-state index in [4.69, 9.17) is 4.98 Å². The predicted molar refractivity (Wildman–Crippen MR) is 111 cm³/mol. The van der Waals surface area contributed by atoms with Crippen molar-refractivity contribution in [1.82, 2.24) is 9.55 Å². The summed E-state index contributed by atoms with van der Waals surface area (Å²) in [5, 5.41) is 0. The van der Waals surface area contributed by atoms with Crippen LogP contribution in [0.3, 0.4) is 0 Å². The minimum absolute atomic E-state index is 0.460. The van der Waals surface area contributed by atoms with Crippen LogP contribution in [0.2, 0.25) is 0 Å². The number of para-hydroxylation sites is 1.